The van der Waals surface area contributed by atoms with Crippen molar-refractivity contribution in [2.45, 2.75) is 6.92 Å². The Kier molecular flexibility index (Phi) is 3.15. The van der Waals surface area contributed by atoms with Gasteiger partial charge in [0.15, 0.2) is 0 Å². The van der Waals surface area contributed by atoms with Gasteiger partial charge in [-0.25, -0.2) is 4.98 Å². The fraction of sp³-hybridized carbons (Fsp3) is 0.286. The van der Waals surface area contributed by atoms with Crippen molar-refractivity contribution in [3.05, 3.63) is 21.9 Å². The minimum Gasteiger partial charge on any atom is -0.492 e. The third-order valence-electron chi connectivity index (χ3n) is 1.08. The van der Waals surface area contributed by atoms with E-state index < -0.39 is 0 Å². The Balaban J connectivity index is 2.86. The van der Waals surface area contributed by atoms with Gasteiger partial charge < -0.3 is 4.74 Å². The maximum atomic E-state index is 5.67. The molecule has 1 aromatic rings. The predicted octanol–water partition coefficient (Wildman–Crippen LogP) is 2.90. The molecule has 0 saturated heterocycles. The van der Waals surface area contributed by atoms with Gasteiger partial charge in [-0.05, 0) is 28.9 Å². The average molecular weight is 236 g/mol. The van der Waals surface area contributed by atoms with Crippen LogP contribution >= 0.6 is 27.5 Å². The van der Waals surface area contributed by atoms with Gasteiger partial charge in [0, 0.05) is 0 Å². The van der Waals surface area contributed by atoms with Crippen LogP contribution in [0.1, 0.15) is 6.92 Å². The lowest BCUT2D eigenvalue weighted by Gasteiger charge is -2.02. The summed E-state index contributed by atoms with van der Waals surface area (Å²) in [6.07, 6.45) is 1.59. The minimum absolute atomic E-state index is 0.452. The molecule has 0 bridgehead atoms. The van der Waals surface area contributed by atoms with Crippen molar-refractivity contribution in [3.63, 3.8) is 0 Å². The molecular formula is C7H7BrClNO. The van der Waals surface area contributed by atoms with Crippen LogP contribution in [0.25, 0.3) is 0 Å². The lowest BCUT2D eigenvalue weighted by molar-refractivity contribution is 0.338. The van der Waals surface area contributed by atoms with Crippen molar-refractivity contribution in [2.24, 2.45) is 0 Å². The zero-order chi connectivity index (χ0) is 8.27. The van der Waals surface area contributed by atoms with Crippen LogP contribution in [0.15, 0.2) is 16.7 Å². The summed E-state index contributed by atoms with van der Waals surface area (Å²) in [4.78, 5) is 3.89. The van der Waals surface area contributed by atoms with E-state index in [4.69, 9.17) is 16.3 Å². The Labute approximate surface area is 78.7 Å². The zero-order valence-electron chi connectivity index (χ0n) is 5.97. The highest BCUT2D eigenvalue weighted by molar-refractivity contribution is 9.10. The van der Waals surface area contributed by atoms with Gasteiger partial charge in [0.1, 0.15) is 10.9 Å². The quantitative estimate of drug-likeness (QED) is 0.737. The van der Waals surface area contributed by atoms with Crippen molar-refractivity contribution in [2.75, 3.05) is 6.61 Å². The van der Waals surface area contributed by atoms with Crippen molar-refractivity contribution in [3.8, 4) is 5.75 Å². The molecule has 0 amide bonds. The summed E-state index contributed by atoms with van der Waals surface area (Å²) in [5.74, 6) is 0.726. The number of halogens is 2. The van der Waals surface area contributed by atoms with Gasteiger partial charge in [0.25, 0.3) is 0 Å². The largest absolute Gasteiger partial charge is 0.492 e. The average Bonchev–Trinajstić information content (AvgIpc) is 1.98. The molecule has 0 radical (unpaired) electrons. The molecule has 2 nitrogen and oxygen atoms in total. The third-order valence-corrected chi connectivity index (χ3v) is 2.22. The number of pyridine rings is 1. The molecule has 0 unspecified atom stereocenters. The maximum Gasteiger partial charge on any atom is 0.143 e. The van der Waals surface area contributed by atoms with Crippen LogP contribution in [-0.2, 0) is 0 Å². The molecule has 0 spiro atoms. The molecule has 11 heavy (non-hydrogen) atoms. The van der Waals surface area contributed by atoms with E-state index >= 15 is 0 Å². The van der Waals surface area contributed by atoms with Crippen LogP contribution < -0.4 is 4.74 Å². The molecule has 0 fully saturated rings. The number of rotatable bonds is 2. The molecule has 60 valence electrons. The highest BCUT2D eigenvalue weighted by Gasteiger charge is 1.99. The number of aromatic nitrogens is 1. The zero-order valence-corrected chi connectivity index (χ0v) is 8.32. The molecule has 0 saturated carbocycles. The van der Waals surface area contributed by atoms with Gasteiger partial charge in [-0.1, -0.05) is 11.6 Å². The number of hydrogen-bond acceptors (Lipinski definition) is 2. The lowest BCUT2D eigenvalue weighted by Crippen LogP contribution is -1.91. The molecule has 4 heteroatoms. The highest BCUT2D eigenvalue weighted by atomic mass is 79.9. The molecular weight excluding hydrogens is 229 g/mol. The number of ether oxygens (including phenoxy) is 1. The lowest BCUT2D eigenvalue weighted by atomic mass is 10.5. The van der Waals surface area contributed by atoms with Crippen LogP contribution in [0.3, 0.4) is 0 Å². The smallest absolute Gasteiger partial charge is 0.143 e. The van der Waals surface area contributed by atoms with Crippen LogP contribution in [0.2, 0.25) is 5.15 Å². The van der Waals surface area contributed by atoms with E-state index in [-0.39, 0.29) is 0 Å². The van der Waals surface area contributed by atoms with Gasteiger partial charge in [-0.3, -0.25) is 0 Å². The van der Waals surface area contributed by atoms with E-state index in [0.717, 1.165) is 10.2 Å². The standard InChI is InChI=1S/C7H7BrClNO/c1-2-11-5-3-6(8)7(9)10-4-5/h3-4H,2H2,1H3. The Morgan fingerprint density at radius 3 is 3.00 bits per heavy atom. The number of nitrogens with zero attached hydrogens (tertiary/aromatic N) is 1. The van der Waals surface area contributed by atoms with Crippen LogP contribution in [0.4, 0.5) is 0 Å². The SMILES string of the molecule is CCOc1cnc(Cl)c(Br)c1. The van der Waals surface area contributed by atoms with Crippen LogP contribution in [0.5, 0.6) is 5.75 Å². The molecule has 0 aliphatic carbocycles. The molecule has 0 aliphatic heterocycles. The summed E-state index contributed by atoms with van der Waals surface area (Å²) in [6.45, 7) is 2.55. The first-order valence-electron chi connectivity index (χ1n) is 3.18. The summed E-state index contributed by atoms with van der Waals surface area (Å²) in [7, 11) is 0. The van der Waals surface area contributed by atoms with Gasteiger partial charge in [-0.15, -0.1) is 0 Å². The summed E-state index contributed by atoms with van der Waals surface area (Å²) in [5, 5.41) is 0.452. The summed E-state index contributed by atoms with van der Waals surface area (Å²) in [6, 6.07) is 1.79. The highest BCUT2D eigenvalue weighted by Crippen LogP contribution is 2.23. The first-order valence-corrected chi connectivity index (χ1v) is 4.35. The Bertz CT molecular complexity index is 254. The number of hydrogen-bond donors (Lipinski definition) is 0. The predicted molar refractivity (Wildman–Crippen MR) is 48.1 cm³/mol. The fourth-order valence-electron chi connectivity index (χ4n) is 0.649. The third kappa shape index (κ3) is 2.34. The second-order valence-corrected chi connectivity index (χ2v) is 3.09. The van der Waals surface area contributed by atoms with Crippen molar-refractivity contribution < 1.29 is 4.74 Å². The monoisotopic (exact) mass is 235 g/mol. The van der Waals surface area contributed by atoms with Gasteiger partial charge in [-0.2, -0.15) is 0 Å². The van der Waals surface area contributed by atoms with Gasteiger partial charge in [0.05, 0.1) is 17.3 Å². The van der Waals surface area contributed by atoms with E-state index in [1.165, 1.54) is 0 Å². The Morgan fingerprint density at radius 1 is 1.73 bits per heavy atom. The van der Waals surface area contributed by atoms with E-state index in [1.54, 1.807) is 12.3 Å². The molecule has 1 aromatic heterocycles. The van der Waals surface area contributed by atoms with E-state index in [0.29, 0.717) is 11.8 Å². The van der Waals surface area contributed by atoms with Crippen LogP contribution in [-0.4, -0.2) is 11.6 Å². The van der Waals surface area contributed by atoms with E-state index in [1.807, 2.05) is 6.92 Å². The molecule has 0 atom stereocenters. The van der Waals surface area contributed by atoms with Gasteiger partial charge in [0.2, 0.25) is 0 Å². The summed E-state index contributed by atoms with van der Waals surface area (Å²) < 4.78 is 5.95. The first kappa shape index (κ1) is 8.81. The van der Waals surface area contributed by atoms with Crippen molar-refractivity contribution >= 4 is 27.5 Å². The Morgan fingerprint density at radius 2 is 2.45 bits per heavy atom. The van der Waals surface area contributed by atoms with Crippen LogP contribution in [0, 0.1) is 0 Å². The molecule has 0 aliphatic rings. The summed E-state index contributed by atoms with van der Waals surface area (Å²) >= 11 is 8.91. The second kappa shape index (κ2) is 3.93. The molecule has 0 N–H and O–H groups in total. The minimum atomic E-state index is 0.452. The van der Waals surface area contributed by atoms with Gasteiger partial charge >= 0.3 is 0 Å². The maximum absolute atomic E-state index is 5.67. The second-order valence-electron chi connectivity index (χ2n) is 1.88. The molecule has 1 heterocycles. The van der Waals surface area contributed by atoms with E-state index in [2.05, 4.69) is 20.9 Å². The topological polar surface area (TPSA) is 22.1 Å². The normalized spacial score (nSPS) is 9.73. The molecule has 1 rings (SSSR count). The van der Waals surface area contributed by atoms with Crippen molar-refractivity contribution in [1.29, 1.82) is 0 Å². The molecule has 0 aromatic carbocycles. The fourth-order valence-corrected chi connectivity index (χ4v) is 1.08. The summed E-state index contributed by atoms with van der Waals surface area (Å²) in [5.41, 5.74) is 0. The van der Waals surface area contributed by atoms with E-state index in [9.17, 15) is 0 Å². The first-order chi connectivity index (χ1) is 5.24. The van der Waals surface area contributed by atoms with Crippen molar-refractivity contribution in [1.82, 2.24) is 4.98 Å². The Hall–Kier alpha value is -0.280.